The van der Waals surface area contributed by atoms with Crippen molar-refractivity contribution in [3.63, 3.8) is 0 Å². The summed E-state index contributed by atoms with van der Waals surface area (Å²) in [6.07, 6.45) is 1.48. The monoisotopic (exact) mass is 818 g/mol. The molecule has 13 heteroatoms. The molecule has 0 unspecified atom stereocenters. The highest BCUT2D eigenvalue weighted by molar-refractivity contribution is 6.01. The molecule has 3 aromatic rings. The van der Waals surface area contributed by atoms with E-state index in [2.05, 4.69) is 24.1 Å². The number of nitriles is 1. The minimum absolute atomic E-state index is 0.0238. The number of fused-ring (bicyclic) bond motifs is 5. The fourth-order valence-electron chi connectivity index (χ4n) is 7.32. The number of ether oxygens (including phenoxy) is 2. The average Bonchev–Trinajstić information content (AvgIpc) is 3.23. The van der Waals surface area contributed by atoms with Crippen molar-refractivity contribution in [2.75, 3.05) is 39.9 Å². The Labute approximate surface area is 353 Å². The van der Waals surface area contributed by atoms with E-state index in [9.17, 15) is 29.2 Å². The molecule has 0 radical (unpaired) electrons. The zero-order chi connectivity index (χ0) is 43.8. The standard InChI is InChI=1S/C47H58N6O7/c1-5-6-7-9-32-11-14-36(30(2)24-32)41(55)29-35(17-19-49)47(58)53(4)45-34-13-16-44(60-23-21-51)38(28-34)37-26-33(12-15-43(37)59-22-20-50)27-39(40(54)10-8-18-48)52-46(57)31(3)25-42(45)56/h11-16,24,26,28,31,35,39,45H,5-6,8,10,17,19-23,25,27,29,49-51H2,1-4H3,(H,52,57)/t31-,35-,39+,45+/m1/s1. The quantitative estimate of drug-likeness (QED) is 0.108. The second-order valence-electron chi connectivity index (χ2n) is 15.2. The maximum Gasteiger partial charge on any atom is 0.226 e. The van der Waals surface area contributed by atoms with Gasteiger partial charge in [0.05, 0.1) is 12.1 Å². The van der Waals surface area contributed by atoms with E-state index in [-0.39, 0.29) is 82.9 Å². The number of carbonyl (C=O) groups excluding carboxylic acids is 5. The Hall–Kier alpha value is -5.86. The smallest absolute Gasteiger partial charge is 0.226 e. The number of benzene rings is 3. The van der Waals surface area contributed by atoms with Crippen molar-refractivity contribution >= 4 is 29.2 Å². The molecule has 0 saturated heterocycles. The number of nitrogens with two attached hydrogens (primary N) is 3. The fourth-order valence-corrected chi connectivity index (χ4v) is 7.32. The maximum atomic E-state index is 14.6. The number of Topliss-reactive ketones (excluding diaryl/α,β-unsaturated/α-hetero) is 3. The highest BCUT2D eigenvalue weighted by Gasteiger charge is 2.36. The Morgan fingerprint density at radius 1 is 0.917 bits per heavy atom. The van der Waals surface area contributed by atoms with Crippen LogP contribution in [0.2, 0.25) is 0 Å². The molecule has 2 amide bonds. The molecule has 4 atom stereocenters. The van der Waals surface area contributed by atoms with Crippen LogP contribution in [0, 0.1) is 41.9 Å². The maximum absolute atomic E-state index is 14.6. The van der Waals surface area contributed by atoms with Crippen molar-refractivity contribution in [3.05, 3.63) is 82.4 Å². The summed E-state index contributed by atoms with van der Waals surface area (Å²) in [4.78, 5) is 71.6. The zero-order valence-electron chi connectivity index (χ0n) is 35.2. The molecule has 3 aromatic carbocycles. The van der Waals surface area contributed by atoms with Crippen LogP contribution >= 0.6 is 0 Å². The molecular formula is C47H58N6O7. The second kappa shape index (κ2) is 23.1. The largest absolute Gasteiger partial charge is 0.492 e. The normalized spacial score (nSPS) is 16.9. The van der Waals surface area contributed by atoms with Crippen molar-refractivity contribution < 1.29 is 33.4 Å². The van der Waals surface area contributed by atoms with Crippen LogP contribution < -0.4 is 32.0 Å². The number of nitrogens with zero attached hydrogens (tertiary/aromatic N) is 2. The molecule has 7 N–H and O–H groups in total. The molecule has 0 aliphatic carbocycles. The number of aryl methyl sites for hydroxylation is 1. The van der Waals surface area contributed by atoms with Crippen LogP contribution in [0.4, 0.5) is 0 Å². The molecule has 1 heterocycles. The zero-order valence-corrected chi connectivity index (χ0v) is 35.2. The number of carbonyl (C=O) groups is 5. The Morgan fingerprint density at radius 2 is 1.60 bits per heavy atom. The van der Waals surface area contributed by atoms with Crippen LogP contribution in [-0.2, 0) is 25.6 Å². The SMILES string of the molecule is CCCC#Cc1ccc(C(=O)C[C@@H](CCN)C(=O)N(C)[C@@H]2C(=O)C[C@@H](C)C(=O)N[C@H](C(=O)CCC#N)Cc3ccc(OCCN)c(c3)-c3cc2ccc3OCCN)c(C)c1. The summed E-state index contributed by atoms with van der Waals surface area (Å²) in [5.41, 5.74) is 21.9. The highest BCUT2D eigenvalue weighted by atomic mass is 16.5. The van der Waals surface area contributed by atoms with Gasteiger partial charge in [0.1, 0.15) is 30.8 Å². The molecule has 318 valence electrons. The van der Waals surface area contributed by atoms with Crippen molar-refractivity contribution in [1.82, 2.24) is 10.2 Å². The molecule has 0 saturated carbocycles. The number of nitrogens with one attached hydrogen (secondary N) is 1. The van der Waals surface area contributed by atoms with Crippen molar-refractivity contribution in [2.45, 2.75) is 84.2 Å². The Kier molecular flexibility index (Phi) is 18.0. The fraction of sp³-hybridized carbons (Fsp3) is 0.447. The third-order valence-corrected chi connectivity index (χ3v) is 10.5. The molecule has 0 fully saturated rings. The molecule has 13 nitrogen and oxygen atoms in total. The summed E-state index contributed by atoms with van der Waals surface area (Å²) >= 11 is 0. The molecule has 1 aliphatic rings. The van der Waals surface area contributed by atoms with Gasteiger partial charge in [-0.3, -0.25) is 24.0 Å². The van der Waals surface area contributed by atoms with Crippen molar-refractivity contribution in [1.29, 1.82) is 5.26 Å². The summed E-state index contributed by atoms with van der Waals surface area (Å²) < 4.78 is 12.2. The highest BCUT2D eigenvalue weighted by Crippen LogP contribution is 2.41. The van der Waals surface area contributed by atoms with E-state index in [0.717, 1.165) is 24.0 Å². The third-order valence-electron chi connectivity index (χ3n) is 10.5. The minimum Gasteiger partial charge on any atom is -0.492 e. The Bertz CT molecular complexity index is 2130. The number of hydrogen-bond acceptors (Lipinski definition) is 11. The van der Waals surface area contributed by atoms with E-state index < -0.39 is 41.5 Å². The van der Waals surface area contributed by atoms with Crippen molar-refractivity contribution in [2.24, 2.45) is 29.0 Å². The van der Waals surface area contributed by atoms with Gasteiger partial charge in [0.2, 0.25) is 11.8 Å². The third kappa shape index (κ3) is 12.3. The van der Waals surface area contributed by atoms with Crippen LogP contribution in [0.5, 0.6) is 11.5 Å². The number of hydrogen-bond donors (Lipinski definition) is 4. The lowest BCUT2D eigenvalue weighted by atomic mass is 9.88. The van der Waals surface area contributed by atoms with Gasteiger partial charge in [0.15, 0.2) is 17.3 Å². The van der Waals surface area contributed by atoms with Gasteiger partial charge in [-0.25, -0.2) is 0 Å². The van der Waals surface area contributed by atoms with Gasteiger partial charge in [-0.05, 0) is 91.9 Å². The van der Waals surface area contributed by atoms with E-state index in [1.54, 1.807) is 49.4 Å². The van der Waals surface area contributed by atoms with Gasteiger partial charge in [-0.15, -0.1) is 0 Å². The molecule has 4 bridgehead atoms. The molecule has 0 spiro atoms. The average molecular weight is 819 g/mol. The van der Waals surface area contributed by atoms with Crippen LogP contribution in [0.25, 0.3) is 11.1 Å². The van der Waals surface area contributed by atoms with Crippen molar-refractivity contribution in [3.8, 4) is 40.5 Å². The molecule has 0 aromatic heterocycles. The van der Waals surface area contributed by atoms with E-state index in [1.165, 1.54) is 11.9 Å². The lowest BCUT2D eigenvalue weighted by molar-refractivity contribution is -0.142. The van der Waals surface area contributed by atoms with Gasteiger partial charge in [-0.2, -0.15) is 5.26 Å². The van der Waals surface area contributed by atoms with Gasteiger partial charge in [0.25, 0.3) is 0 Å². The summed E-state index contributed by atoms with van der Waals surface area (Å²) in [5.74, 6) is 3.35. The van der Waals surface area contributed by atoms with E-state index in [0.29, 0.717) is 39.3 Å². The first-order valence-electron chi connectivity index (χ1n) is 20.6. The number of unbranched alkanes of at least 4 members (excludes halogenated alkanes) is 1. The Morgan fingerprint density at radius 3 is 2.23 bits per heavy atom. The predicted octanol–water partition coefficient (Wildman–Crippen LogP) is 4.74. The topological polar surface area (TPSA) is 221 Å². The van der Waals surface area contributed by atoms with Gasteiger partial charge >= 0.3 is 0 Å². The Balaban J connectivity index is 1.84. The van der Waals surface area contributed by atoms with E-state index in [4.69, 9.17) is 26.7 Å². The first kappa shape index (κ1) is 46.8. The predicted molar refractivity (Wildman–Crippen MR) is 230 cm³/mol. The summed E-state index contributed by atoms with van der Waals surface area (Å²) in [6.45, 7) is 6.40. The number of amides is 2. The van der Waals surface area contributed by atoms with Crippen LogP contribution in [0.15, 0.2) is 54.6 Å². The van der Waals surface area contributed by atoms with Gasteiger partial charge in [0, 0.05) is 86.3 Å². The second-order valence-corrected chi connectivity index (χ2v) is 15.2. The molecule has 1 aliphatic heterocycles. The van der Waals surface area contributed by atoms with Crippen LogP contribution in [0.1, 0.15) is 97.4 Å². The minimum atomic E-state index is -1.21. The van der Waals surface area contributed by atoms with E-state index in [1.807, 2.05) is 25.1 Å². The number of likely N-dealkylation sites (N-methyl/N-ethyl adjacent to an activating group) is 1. The molecule has 4 rings (SSSR count). The van der Waals surface area contributed by atoms with E-state index >= 15 is 0 Å². The first-order valence-corrected chi connectivity index (χ1v) is 20.6. The summed E-state index contributed by atoms with van der Waals surface area (Å²) in [6, 6.07) is 15.7. The number of rotatable bonds is 17. The first-order chi connectivity index (χ1) is 28.9. The summed E-state index contributed by atoms with van der Waals surface area (Å²) in [7, 11) is 1.51. The summed E-state index contributed by atoms with van der Waals surface area (Å²) in [5, 5.41) is 12.0. The van der Waals surface area contributed by atoms with Gasteiger partial charge < -0.3 is 36.9 Å². The lowest BCUT2D eigenvalue weighted by Gasteiger charge is -2.32. The van der Waals surface area contributed by atoms with Crippen LogP contribution in [0.3, 0.4) is 0 Å². The van der Waals surface area contributed by atoms with Crippen LogP contribution in [-0.4, -0.2) is 80.0 Å². The molecular weight excluding hydrogens is 761 g/mol. The molecule has 60 heavy (non-hydrogen) atoms. The van der Waals surface area contributed by atoms with Gasteiger partial charge in [-0.1, -0.05) is 37.8 Å². The lowest BCUT2D eigenvalue weighted by Crippen LogP contribution is -2.46. The number of ketones is 3.